The van der Waals surface area contributed by atoms with Gasteiger partial charge in [0.25, 0.3) is 0 Å². The first kappa shape index (κ1) is 21.3. The Bertz CT molecular complexity index is 739. The molecule has 10 heteroatoms. The highest BCUT2D eigenvalue weighted by Gasteiger charge is 2.34. The number of sulfonamides is 1. The van der Waals surface area contributed by atoms with Gasteiger partial charge in [-0.3, -0.25) is 9.59 Å². The van der Waals surface area contributed by atoms with Gasteiger partial charge in [0.05, 0.1) is 18.0 Å². The second-order valence-electron chi connectivity index (χ2n) is 6.38. The minimum absolute atomic E-state index is 0.105. The van der Waals surface area contributed by atoms with Crippen LogP contribution in [0.15, 0.2) is 35.2 Å². The van der Waals surface area contributed by atoms with Gasteiger partial charge < -0.3 is 20.3 Å². The van der Waals surface area contributed by atoms with Crippen molar-refractivity contribution in [2.75, 3.05) is 46.9 Å². The lowest BCUT2D eigenvalue weighted by Crippen LogP contribution is -2.53. The summed E-state index contributed by atoms with van der Waals surface area (Å²) in [6.07, 6.45) is -0.302. The van der Waals surface area contributed by atoms with Gasteiger partial charge in [-0.15, -0.1) is 0 Å². The molecule has 1 saturated heterocycles. The number of nitrogens with zero attached hydrogens (tertiary/aromatic N) is 2. The van der Waals surface area contributed by atoms with E-state index in [0.717, 1.165) is 0 Å². The van der Waals surface area contributed by atoms with Gasteiger partial charge in [-0.1, -0.05) is 18.2 Å². The summed E-state index contributed by atoms with van der Waals surface area (Å²) in [6, 6.07) is 8.05. The molecule has 0 aromatic heterocycles. The maximum absolute atomic E-state index is 12.8. The quantitative estimate of drug-likeness (QED) is 0.584. The van der Waals surface area contributed by atoms with Crippen LogP contribution < -0.4 is 10.6 Å². The molecule has 2 rings (SSSR count). The highest BCUT2D eigenvalue weighted by atomic mass is 32.2. The third kappa shape index (κ3) is 5.99. The first-order valence-electron chi connectivity index (χ1n) is 8.71. The van der Waals surface area contributed by atoms with Crippen molar-refractivity contribution in [3.8, 4) is 0 Å². The molecule has 0 aliphatic carbocycles. The highest BCUT2D eigenvalue weighted by molar-refractivity contribution is 7.89. The van der Waals surface area contributed by atoms with E-state index in [2.05, 4.69) is 10.6 Å². The Hall–Kier alpha value is -2.01. The van der Waals surface area contributed by atoms with Crippen LogP contribution in [-0.4, -0.2) is 82.5 Å². The molecular weight excluding hydrogens is 372 g/mol. The van der Waals surface area contributed by atoms with Gasteiger partial charge in [-0.25, -0.2) is 8.42 Å². The zero-order chi connectivity index (χ0) is 19.9. The van der Waals surface area contributed by atoms with Crippen molar-refractivity contribution in [1.29, 1.82) is 0 Å². The van der Waals surface area contributed by atoms with Crippen LogP contribution in [0.4, 0.5) is 0 Å². The minimum atomic E-state index is -3.75. The van der Waals surface area contributed by atoms with Gasteiger partial charge in [0.15, 0.2) is 0 Å². The van der Waals surface area contributed by atoms with Crippen LogP contribution in [0.3, 0.4) is 0 Å². The molecule has 1 aliphatic rings. The average Bonchev–Trinajstić information content (AvgIpc) is 2.66. The van der Waals surface area contributed by atoms with Crippen LogP contribution in [-0.2, 0) is 24.3 Å². The Morgan fingerprint density at radius 3 is 2.52 bits per heavy atom. The van der Waals surface area contributed by atoms with Crippen molar-refractivity contribution >= 4 is 21.8 Å². The molecule has 1 unspecified atom stereocenters. The van der Waals surface area contributed by atoms with Gasteiger partial charge in [0.1, 0.15) is 6.23 Å². The van der Waals surface area contributed by atoms with E-state index in [1.807, 2.05) is 19.0 Å². The van der Waals surface area contributed by atoms with Crippen LogP contribution in [0, 0.1) is 0 Å². The maximum Gasteiger partial charge on any atom is 0.309 e. The number of carbonyl (C=O) groups excluding carboxylic acids is 2. The third-order valence-corrected chi connectivity index (χ3v) is 5.90. The lowest BCUT2D eigenvalue weighted by molar-refractivity contribution is -0.140. The molecule has 0 saturated carbocycles. The molecule has 2 amide bonds. The van der Waals surface area contributed by atoms with Crippen molar-refractivity contribution in [3.63, 3.8) is 0 Å². The van der Waals surface area contributed by atoms with Gasteiger partial charge >= 0.3 is 11.8 Å². The second-order valence-corrected chi connectivity index (χ2v) is 8.27. The topological polar surface area (TPSA) is 108 Å². The number of benzene rings is 1. The molecule has 1 aromatic rings. The lowest BCUT2D eigenvalue weighted by atomic mass is 10.3. The average molecular weight is 398 g/mol. The fraction of sp³-hybridized carbons (Fsp3) is 0.529. The predicted octanol–water partition coefficient (Wildman–Crippen LogP) is -0.782. The van der Waals surface area contributed by atoms with E-state index in [4.69, 9.17) is 4.74 Å². The number of amides is 2. The Balaban J connectivity index is 1.96. The first-order chi connectivity index (χ1) is 12.8. The number of likely N-dealkylation sites (N-methyl/N-ethyl adjacent to an activating group) is 1. The van der Waals surface area contributed by atoms with Crippen LogP contribution in [0.2, 0.25) is 0 Å². The number of ether oxygens (including phenoxy) is 1. The number of hydrogen-bond acceptors (Lipinski definition) is 6. The number of nitrogens with one attached hydrogen (secondary N) is 2. The van der Waals surface area contributed by atoms with Crippen LogP contribution >= 0.6 is 0 Å². The molecule has 1 atom stereocenters. The summed E-state index contributed by atoms with van der Waals surface area (Å²) in [5.41, 5.74) is 0. The Morgan fingerprint density at radius 2 is 1.85 bits per heavy atom. The number of carbonyl (C=O) groups is 2. The van der Waals surface area contributed by atoms with E-state index < -0.39 is 28.1 Å². The molecule has 0 bridgehead atoms. The molecule has 1 aromatic carbocycles. The summed E-state index contributed by atoms with van der Waals surface area (Å²) in [5.74, 6) is -1.58. The van der Waals surface area contributed by atoms with E-state index >= 15 is 0 Å². The van der Waals surface area contributed by atoms with Gasteiger partial charge in [0, 0.05) is 19.6 Å². The molecule has 150 valence electrons. The zero-order valence-electron chi connectivity index (χ0n) is 15.6. The third-order valence-electron chi connectivity index (χ3n) is 3.99. The molecule has 2 N–H and O–H groups in total. The fourth-order valence-electron chi connectivity index (χ4n) is 2.56. The van der Waals surface area contributed by atoms with Crippen LogP contribution in [0.1, 0.15) is 6.42 Å². The molecular formula is C17H26N4O5S. The van der Waals surface area contributed by atoms with Crippen LogP contribution in [0.25, 0.3) is 0 Å². The Labute approximate surface area is 159 Å². The molecule has 9 nitrogen and oxygen atoms in total. The van der Waals surface area contributed by atoms with E-state index in [9.17, 15) is 18.0 Å². The van der Waals surface area contributed by atoms with Gasteiger partial charge in [-0.05, 0) is 32.6 Å². The highest BCUT2D eigenvalue weighted by Crippen LogP contribution is 2.21. The van der Waals surface area contributed by atoms with Crippen molar-refractivity contribution in [2.45, 2.75) is 17.5 Å². The maximum atomic E-state index is 12.8. The number of rotatable bonds is 7. The SMILES string of the molecule is CN(C)CCNC(=O)C(=O)NCC1OCCCN1S(=O)(=O)c1ccccc1. The standard InChI is InChI=1S/C17H26N4O5S/c1-20(2)11-9-18-16(22)17(23)19-13-15-21(10-6-12-26-15)27(24,25)14-7-4-3-5-8-14/h3-5,7-8,15H,6,9-13H2,1-2H3,(H,18,22)(H,19,23). The molecule has 0 radical (unpaired) electrons. The van der Waals surface area contributed by atoms with E-state index in [0.29, 0.717) is 26.1 Å². The summed E-state index contributed by atoms with van der Waals surface area (Å²) in [4.78, 5) is 25.7. The van der Waals surface area contributed by atoms with Crippen molar-refractivity contribution in [2.24, 2.45) is 0 Å². The lowest BCUT2D eigenvalue weighted by Gasteiger charge is -2.34. The minimum Gasteiger partial charge on any atom is -0.360 e. The summed E-state index contributed by atoms with van der Waals surface area (Å²) in [7, 11) is -0.0410. The molecule has 1 fully saturated rings. The normalized spacial score (nSPS) is 18.3. The Kier molecular flexibility index (Phi) is 7.72. The molecule has 1 aliphatic heterocycles. The van der Waals surface area contributed by atoms with Crippen molar-refractivity contribution in [1.82, 2.24) is 19.8 Å². The number of hydrogen-bond donors (Lipinski definition) is 2. The largest absolute Gasteiger partial charge is 0.360 e. The smallest absolute Gasteiger partial charge is 0.309 e. The molecule has 1 heterocycles. The Morgan fingerprint density at radius 1 is 1.19 bits per heavy atom. The van der Waals surface area contributed by atoms with Crippen molar-refractivity contribution in [3.05, 3.63) is 30.3 Å². The summed E-state index contributed by atoms with van der Waals surface area (Å²) < 4.78 is 32.4. The van der Waals surface area contributed by atoms with E-state index in [1.165, 1.54) is 16.4 Å². The summed E-state index contributed by atoms with van der Waals surface area (Å²) >= 11 is 0. The van der Waals surface area contributed by atoms with Gasteiger partial charge in [-0.2, -0.15) is 4.31 Å². The van der Waals surface area contributed by atoms with Crippen molar-refractivity contribution < 1.29 is 22.7 Å². The molecule has 27 heavy (non-hydrogen) atoms. The molecule has 0 spiro atoms. The fourth-order valence-corrected chi connectivity index (χ4v) is 4.15. The first-order valence-corrected chi connectivity index (χ1v) is 10.2. The monoisotopic (exact) mass is 398 g/mol. The summed E-state index contributed by atoms with van der Waals surface area (Å²) in [6.45, 7) is 1.51. The van der Waals surface area contributed by atoms with E-state index in [-0.39, 0.29) is 18.0 Å². The predicted molar refractivity (Wildman–Crippen MR) is 99.3 cm³/mol. The van der Waals surface area contributed by atoms with Crippen LogP contribution in [0.5, 0.6) is 0 Å². The van der Waals surface area contributed by atoms with Gasteiger partial charge in [0.2, 0.25) is 10.0 Å². The zero-order valence-corrected chi connectivity index (χ0v) is 16.4. The van der Waals surface area contributed by atoms with E-state index in [1.54, 1.807) is 18.2 Å². The second kappa shape index (κ2) is 9.79. The summed E-state index contributed by atoms with van der Waals surface area (Å²) in [5, 5.41) is 4.95.